The summed E-state index contributed by atoms with van der Waals surface area (Å²) in [5.41, 5.74) is 0.748. The normalized spacial score (nSPS) is 31.5. The molecule has 1 saturated carbocycles. The summed E-state index contributed by atoms with van der Waals surface area (Å²) >= 11 is 1.37. The van der Waals surface area contributed by atoms with Gasteiger partial charge in [-0.1, -0.05) is 10.9 Å². The number of carbonyl (C=O) groups excluding carboxylic acids is 1. The summed E-state index contributed by atoms with van der Waals surface area (Å²) in [4.78, 5) is 14.4. The van der Waals surface area contributed by atoms with Gasteiger partial charge in [0.05, 0.1) is 18.2 Å². The van der Waals surface area contributed by atoms with E-state index in [-0.39, 0.29) is 11.4 Å². The Morgan fingerprint density at radius 3 is 3.33 bits per heavy atom. The maximum Gasteiger partial charge on any atom is 0.313 e. The predicted molar refractivity (Wildman–Crippen MR) is 67.0 cm³/mol. The van der Waals surface area contributed by atoms with Crippen LogP contribution in [0.4, 0.5) is 0 Å². The van der Waals surface area contributed by atoms with Crippen molar-refractivity contribution in [1.82, 2.24) is 14.5 Å². The molecule has 2 heterocycles. The summed E-state index contributed by atoms with van der Waals surface area (Å²) in [7, 11) is 1.50. The standard InChI is InChI=1S/C12H17N3O2S/c1-17-11(16)12-4-2-3-9(12)5-15(8-12)6-10-7-18-14-13-10/h7,9H,2-6,8H2,1H3/t9-,12+/m1/s1. The van der Waals surface area contributed by atoms with Crippen molar-refractivity contribution in [2.75, 3.05) is 20.2 Å². The number of aromatic nitrogens is 2. The zero-order valence-corrected chi connectivity index (χ0v) is 11.3. The molecule has 2 atom stereocenters. The summed E-state index contributed by atoms with van der Waals surface area (Å²) in [6.45, 7) is 2.58. The van der Waals surface area contributed by atoms with E-state index in [4.69, 9.17) is 4.74 Å². The first-order valence-electron chi connectivity index (χ1n) is 6.31. The molecule has 5 nitrogen and oxygen atoms in total. The van der Waals surface area contributed by atoms with Crippen LogP contribution >= 0.6 is 11.5 Å². The van der Waals surface area contributed by atoms with Crippen molar-refractivity contribution in [2.45, 2.75) is 25.8 Å². The van der Waals surface area contributed by atoms with Crippen molar-refractivity contribution in [3.8, 4) is 0 Å². The fourth-order valence-corrected chi connectivity index (χ4v) is 3.98. The van der Waals surface area contributed by atoms with Gasteiger partial charge in [-0.3, -0.25) is 9.69 Å². The van der Waals surface area contributed by atoms with Crippen molar-refractivity contribution in [3.63, 3.8) is 0 Å². The first-order chi connectivity index (χ1) is 8.74. The van der Waals surface area contributed by atoms with E-state index in [9.17, 15) is 4.79 Å². The molecule has 18 heavy (non-hydrogen) atoms. The van der Waals surface area contributed by atoms with Crippen molar-refractivity contribution < 1.29 is 9.53 Å². The van der Waals surface area contributed by atoms with Crippen LogP contribution in [0.1, 0.15) is 25.0 Å². The Hall–Kier alpha value is -1.01. The van der Waals surface area contributed by atoms with Gasteiger partial charge < -0.3 is 4.74 Å². The van der Waals surface area contributed by atoms with Crippen LogP contribution in [0.25, 0.3) is 0 Å². The Balaban J connectivity index is 1.74. The molecular weight excluding hydrogens is 250 g/mol. The fourth-order valence-electron chi connectivity index (χ4n) is 3.53. The van der Waals surface area contributed by atoms with E-state index in [1.807, 2.05) is 5.38 Å². The van der Waals surface area contributed by atoms with E-state index in [0.717, 1.165) is 44.6 Å². The Kier molecular flexibility index (Phi) is 3.07. The number of likely N-dealkylation sites (tertiary alicyclic amines) is 1. The van der Waals surface area contributed by atoms with Gasteiger partial charge in [-0.05, 0) is 30.3 Å². The Bertz CT molecular complexity index is 437. The molecule has 6 heteroatoms. The minimum absolute atomic E-state index is 0.0242. The molecule has 3 rings (SSSR count). The number of ether oxygens (including phenoxy) is 1. The van der Waals surface area contributed by atoms with Crippen LogP contribution in [0.3, 0.4) is 0 Å². The number of carbonyl (C=O) groups is 1. The van der Waals surface area contributed by atoms with Crippen LogP contribution in [-0.4, -0.2) is 40.7 Å². The molecular formula is C12H17N3O2S. The first kappa shape index (κ1) is 12.0. The van der Waals surface area contributed by atoms with Gasteiger partial charge in [0.15, 0.2) is 0 Å². The van der Waals surface area contributed by atoms with Gasteiger partial charge in [0.25, 0.3) is 0 Å². The fraction of sp³-hybridized carbons (Fsp3) is 0.750. The van der Waals surface area contributed by atoms with Crippen LogP contribution < -0.4 is 0 Å². The molecule has 0 N–H and O–H groups in total. The highest BCUT2D eigenvalue weighted by Crippen LogP contribution is 2.49. The number of methoxy groups -OCH3 is 1. The van der Waals surface area contributed by atoms with Gasteiger partial charge in [-0.15, -0.1) is 5.10 Å². The van der Waals surface area contributed by atoms with Crippen LogP contribution in [0.5, 0.6) is 0 Å². The Morgan fingerprint density at radius 1 is 1.72 bits per heavy atom. The molecule has 1 aliphatic carbocycles. The molecule has 0 bridgehead atoms. The lowest BCUT2D eigenvalue weighted by Crippen LogP contribution is -2.36. The summed E-state index contributed by atoms with van der Waals surface area (Å²) in [5.74, 6) is 0.431. The number of esters is 1. The molecule has 2 aliphatic rings. The maximum atomic E-state index is 12.1. The third-order valence-electron chi connectivity index (χ3n) is 4.32. The second kappa shape index (κ2) is 4.59. The lowest BCUT2D eigenvalue weighted by molar-refractivity contribution is -0.153. The average molecular weight is 267 g/mol. The SMILES string of the molecule is COC(=O)[C@]12CCC[C@@H]1CN(Cc1csnn1)C2. The van der Waals surface area contributed by atoms with Crippen LogP contribution in [0.15, 0.2) is 5.38 Å². The van der Waals surface area contributed by atoms with Crippen LogP contribution in [0.2, 0.25) is 0 Å². The highest BCUT2D eigenvalue weighted by Gasteiger charge is 2.55. The molecule has 1 aromatic rings. The topological polar surface area (TPSA) is 55.3 Å². The third-order valence-corrected chi connectivity index (χ3v) is 4.88. The maximum absolute atomic E-state index is 12.1. The predicted octanol–water partition coefficient (Wildman–Crippen LogP) is 1.31. The van der Waals surface area contributed by atoms with E-state index in [1.54, 1.807) is 0 Å². The van der Waals surface area contributed by atoms with Gasteiger partial charge in [0.2, 0.25) is 0 Å². The van der Waals surface area contributed by atoms with Gasteiger partial charge in [-0.2, -0.15) is 0 Å². The van der Waals surface area contributed by atoms with Crippen LogP contribution in [-0.2, 0) is 16.1 Å². The van der Waals surface area contributed by atoms with E-state index < -0.39 is 0 Å². The molecule has 0 aromatic carbocycles. The lowest BCUT2D eigenvalue weighted by Gasteiger charge is -2.25. The number of hydrogen-bond acceptors (Lipinski definition) is 6. The molecule has 1 saturated heterocycles. The molecule has 0 spiro atoms. The largest absolute Gasteiger partial charge is 0.469 e. The van der Waals surface area contributed by atoms with E-state index in [0.29, 0.717) is 5.92 Å². The molecule has 1 aliphatic heterocycles. The van der Waals surface area contributed by atoms with E-state index in [2.05, 4.69) is 14.5 Å². The van der Waals surface area contributed by atoms with Crippen LogP contribution in [0, 0.1) is 11.3 Å². The highest BCUT2D eigenvalue weighted by atomic mass is 32.1. The Labute approximate surface area is 110 Å². The molecule has 98 valence electrons. The second-order valence-corrected chi connectivity index (χ2v) is 5.91. The minimum Gasteiger partial charge on any atom is -0.469 e. The highest BCUT2D eigenvalue weighted by molar-refractivity contribution is 7.03. The molecule has 0 unspecified atom stereocenters. The molecule has 0 amide bonds. The monoisotopic (exact) mass is 267 g/mol. The summed E-state index contributed by atoms with van der Waals surface area (Å²) < 4.78 is 8.91. The average Bonchev–Trinajstić information content (AvgIpc) is 3.03. The van der Waals surface area contributed by atoms with E-state index in [1.165, 1.54) is 18.6 Å². The van der Waals surface area contributed by atoms with Crippen molar-refractivity contribution in [1.29, 1.82) is 0 Å². The smallest absolute Gasteiger partial charge is 0.313 e. The van der Waals surface area contributed by atoms with Crippen molar-refractivity contribution >= 4 is 17.5 Å². The molecule has 1 aromatic heterocycles. The van der Waals surface area contributed by atoms with Crippen molar-refractivity contribution in [3.05, 3.63) is 11.1 Å². The van der Waals surface area contributed by atoms with Gasteiger partial charge in [-0.25, -0.2) is 0 Å². The lowest BCUT2D eigenvalue weighted by atomic mass is 9.81. The minimum atomic E-state index is -0.252. The summed E-state index contributed by atoms with van der Waals surface area (Å²) in [6, 6.07) is 0. The van der Waals surface area contributed by atoms with Crippen molar-refractivity contribution in [2.24, 2.45) is 11.3 Å². The zero-order valence-electron chi connectivity index (χ0n) is 10.5. The van der Waals surface area contributed by atoms with Gasteiger partial charge in [0, 0.05) is 25.0 Å². The number of rotatable bonds is 3. The first-order valence-corrected chi connectivity index (χ1v) is 7.15. The third kappa shape index (κ3) is 1.83. The number of nitrogens with zero attached hydrogens (tertiary/aromatic N) is 3. The van der Waals surface area contributed by atoms with E-state index >= 15 is 0 Å². The quantitative estimate of drug-likeness (QED) is 0.773. The van der Waals surface area contributed by atoms with Gasteiger partial charge in [0.1, 0.15) is 0 Å². The zero-order chi connectivity index (χ0) is 12.6. The summed E-state index contributed by atoms with van der Waals surface area (Å²) in [6.07, 6.45) is 3.25. The Morgan fingerprint density at radius 2 is 2.61 bits per heavy atom. The molecule has 2 fully saturated rings. The van der Waals surface area contributed by atoms with Gasteiger partial charge >= 0.3 is 5.97 Å². The molecule has 0 radical (unpaired) electrons. The second-order valence-electron chi connectivity index (χ2n) is 5.30. The number of fused-ring (bicyclic) bond motifs is 1. The summed E-state index contributed by atoms with van der Waals surface area (Å²) in [5, 5.41) is 6.04. The number of hydrogen-bond donors (Lipinski definition) is 0.